The maximum Gasteiger partial charge on any atom is 0.397 e. The van der Waals surface area contributed by atoms with Gasteiger partial charge in [-0.05, 0) is 24.6 Å². The van der Waals surface area contributed by atoms with Crippen LogP contribution in [0.2, 0.25) is 0 Å². The fourth-order valence-electron chi connectivity index (χ4n) is 1.06. The highest BCUT2D eigenvalue weighted by Crippen LogP contribution is 2.23. The van der Waals surface area contributed by atoms with Gasteiger partial charge in [0.15, 0.2) is 0 Å². The van der Waals surface area contributed by atoms with Gasteiger partial charge in [-0.25, -0.2) is 0 Å². The van der Waals surface area contributed by atoms with Crippen LogP contribution in [0, 0.1) is 6.92 Å². The molecule has 0 aromatic heterocycles. The Kier molecular flexibility index (Phi) is 3.96. The van der Waals surface area contributed by atoms with E-state index in [9.17, 15) is 18.0 Å². The van der Waals surface area contributed by atoms with Crippen LogP contribution in [0.25, 0.3) is 0 Å². The summed E-state index contributed by atoms with van der Waals surface area (Å²) < 4.78 is 36.4. The number of rotatable bonds is 2. The zero-order valence-electron chi connectivity index (χ0n) is 8.36. The SMILES string of the molecule is Cc1ccc(NC(=O)CC(F)(F)F)cc1Br. The average Bonchev–Trinajstić information content (AvgIpc) is 2.08. The number of hydrogen-bond acceptors (Lipinski definition) is 1. The fourth-order valence-corrected chi connectivity index (χ4v) is 1.44. The van der Waals surface area contributed by atoms with Gasteiger partial charge in [0.1, 0.15) is 6.42 Å². The minimum absolute atomic E-state index is 0.340. The van der Waals surface area contributed by atoms with E-state index < -0.39 is 18.5 Å². The Labute approximate surface area is 99.0 Å². The summed E-state index contributed by atoms with van der Waals surface area (Å²) in [7, 11) is 0. The number of nitrogens with one attached hydrogen (secondary N) is 1. The molecule has 0 bridgehead atoms. The van der Waals surface area contributed by atoms with Gasteiger partial charge in [0, 0.05) is 10.2 Å². The first-order valence-corrected chi connectivity index (χ1v) is 5.20. The molecule has 0 spiro atoms. The van der Waals surface area contributed by atoms with Gasteiger partial charge in [0.25, 0.3) is 0 Å². The Morgan fingerprint density at radius 1 is 1.44 bits per heavy atom. The molecule has 16 heavy (non-hydrogen) atoms. The zero-order chi connectivity index (χ0) is 12.3. The van der Waals surface area contributed by atoms with Crippen LogP contribution in [0.3, 0.4) is 0 Å². The van der Waals surface area contributed by atoms with Gasteiger partial charge in [-0.3, -0.25) is 4.79 Å². The second kappa shape index (κ2) is 4.86. The molecule has 88 valence electrons. The molecule has 1 aromatic rings. The molecule has 1 amide bonds. The summed E-state index contributed by atoms with van der Waals surface area (Å²) >= 11 is 3.22. The molecule has 1 rings (SSSR count). The molecule has 0 radical (unpaired) electrons. The van der Waals surface area contributed by atoms with E-state index in [2.05, 4.69) is 21.2 Å². The lowest BCUT2D eigenvalue weighted by Gasteiger charge is -2.08. The molecule has 0 saturated heterocycles. The van der Waals surface area contributed by atoms with Crippen LogP contribution in [-0.2, 0) is 4.79 Å². The summed E-state index contributed by atoms with van der Waals surface area (Å²) in [6, 6.07) is 4.81. The zero-order valence-corrected chi connectivity index (χ0v) is 9.95. The van der Waals surface area contributed by atoms with E-state index in [1.807, 2.05) is 6.92 Å². The topological polar surface area (TPSA) is 29.1 Å². The molecule has 0 unspecified atom stereocenters. The first-order chi connectivity index (χ1) is 7.28. The molecule has 0 fully saturated rings. The molecular formula is C10H9BrF3NO. The molecule has 2 nitrogen and oxygen atoms in total. The first-order valence-electron chi connectivity index (χ1n) is 4.41. The summed E-state index contributed by atoms with van der Waals surface area (Å²) in [5.41, 5.74) is 1.28. The number of carbonyl (C=O) groups is 1. The van der Waals surface area contributed by atoms with E-state index in [-0.39, 0.29) is 0 Å². The van der Waals surface area contributed by atoms with Gasteiger partial charge >= 0.3 is 6.18 Å². The quantitative estimate of drug-likeness (QED) is 0.886. The highest BCUT2D eigenvalue weighted by Gasteiger charge is 2.31. The third-order valence-electron chi connectivity index (χ3n) is 1.82. The predicted octanol–water partition coefficient (Wildman–Crippen LogP) is 3.65. The van der Waals surface area contributed by atoms with E-state index in [1.54, 1.807) is 18.2 Å². The molecule has 0 aliphatic rings. The molecule has 0 heterocycles. The lowest BCUT2D eigenvalue weighted by molar-refractivity contribution is -0.150. The van der Waals surface area contributed by atoms with E-state index >= 15 is 0 Å². The van der Waals surface area contributed by atoms with Gasteiger partial charge in [-0.15, -0.1) is 0 Å². The number of alkyl halides is 3. The minimum Gasteiger partial charge on any atom is -0.326 e. The summed E-state index contributed by atoms with van der Waals surface area (Å²) in [4.78, 5) is 11.0. The maximum atomic E-state index is 11.9. The Hall–Kier alpha value is -1.04. The molecule has 0 atom stereocenters. The Balaban J connectivity index is 2.67. The van der Waals surface area contributed by atoms with Crippen molar-refractivity contribution >= 4 is 27.5 Å². The van der Waals surface area contributed by atoms with Crippen LogP contribution in [0.4, 0.5) is 18.9 Å². The number of halogens is 4. The Morgan fingerprint density at radius 3 is 2.56 bits per heavy atom. The van der Waals surface area contributed by atoms with Crippen LogP contribution in [0.5, 0.6) is 0 Å². The van der Waals surface area contributed by atoms with E-state index in [1.165, 1.54) is 0 Å². The molecule has 1 aromatic carbocycles. The van der Waals surface area contributed by atoms with Crippen LogP contribution >= 0.6 is 15.9 Å². The average molecular weight is 296 g/mol. The van der Waals surface area contributed by atoms with Crippen molar-refractivity contribution in [3.05, 3.63) is 28.2 Å². The van der Waals surface area contributed by atoms with Gasteiger partial charge < -0.3 is 5.32 Å². The molecule has 0 aliphatic heterocycles. The summed E-state index contributed by atoms with van der Waals surface area (Å²) in [6.45, 7) is 1.84. The molecule has 0 aliphatic carbocycles. The van der Waals surface area contributed by atoms with Gasteiger partial charge in [0.2, 0.25) is 5.91 Å². The predicted molar refractivity (Wildman–Crippen MR) is 58.2 cm³/mol. The third kappa shape index (κ3) is 4.22. The summed E-state index contributed by atoms with van der Waals surface area (Å²) in [5.74, 6) is -1.07. The number of anilines is 1. The normalized spacial score (nSPS) is 11.3. The summed E-state index contributed by atoms with van der Waals surface area (Å²) in [6.07, 6.45) is -5.95. The van der Waals surface area contributed by atoms with Crippen molar-refractivity contribution in [3.63, 3.8) is 0 Å². The minimum atomic E-state index is -4.48. The highest BCUT2D eigenvalue weighted by atomic mass is 79.9. The van der Waals surface area contributed by atoms with Crippen LogP contribution in [0.15, 0.2) is 22.7 Å². The Bertz CT molecular complexity index is 404. The van der Waals surface area contributed by atoms with Crippen LogP contribution in [0.1, 0.15) is 12.0 Å². The smallest absolute Gasteiger partial charge is 0.326 e. The monoisotopic (exact) mass is 295 g/mol. The highest BCUT2D eigenvalue weighted by molar-refractivity contribution is 9.10. The standard InChI is InChI=1S/C10H9BrF3NO/c1-6-2-3-7(4-8(6)11)15-9(16)5-10(12,13)14/h2-4H,5H2,1H3,(H,15,16). The fraction of sp³-hybridized carbons (Fsp3) is 0.300. The molecule has 6 heteroatoms. The number of hydrogen-bond donors (Lipinski definition) is 1. The van der Waals surface area contributed by atoms with Crippen molar-refractivity contribution in [2.75, 3.05) is 5.32 Å². The largest absolute Gasteiger partial charge is 0.397 e. The number of amides is 1. The van der Waals surface area contributed by atoms with Crippen molar-refractivity contribution < 1.29 is 18.0 Å². The van der Waals surface area contributed by atoms with E-state index in [0.29, 0.717) is 5.69 Å². The lowest BCUT2D eigenvalue weighted by Crippen LogP contribution is -2.21. The van der Waals surface area contributed by atoms with Crippen molar-refractivity contribution in [3.8, 4) is 0 Å². The second-order valence-corrected chi connectivity index (χ2v) is 4.16. The number of aryl methyl sites for hydroxylation is 1. The van der Waals surface area contributed by atoms with Gasteiger partial charge in [-0.2, -0.15) is 13.2 Å². The van der Waals surface area contributed by atoms with E-state index in [4.69, 9.17) is 0 Å². The Morgan fingerprint density at radius 2 is 2.06 bits per heavy atom. The van der Waals surface area contributed by atoms with Crippen molar-refractivity contribution in [2.45, 2.75) is 19.5 Å². The molecule has 0 saturated carbocycles. The second-order valence-electron chi connectivity index (χ2n) is 3.30. The third-order valence-corrected chi connectivity index (χ3v) is 2.67. The van der Waals surface area contributed by atoms with E-state index in [0.717, 1.165) is 10.0 Å². The maximum absolute atomic E-state index is 11.9. The van der Waals surface area contributed by atoms with Gasteiger partial charge in [-0.1, -0.05) is 22.0 Å². The van der Waals surface area contributed by atoms with Crippen LogP contribution in [-0.4, -0.2) is 12.1 Å². The summed E-state index contributed by atoms with van der Waals surface area (Å²) in [5, 5.41) is 2.18. The van der Waals surface area contributed by atoms with Crippen molar-refractivity contribution in [1.82, 2.24) is 0 Å². The molecule has 1 N–H and O–H groups in total. The van der Waals surface area contributed by atoms with Crippen LogP contribution < -0.4 is 5.32 Å². The van der Waals surface area contributed by atoms with Gasteiger partial charge in [0.05, 0.1) is 0 Å². The first kappa shape index (κ1) is 13.0. The molecular weight excluding hydrogens is 287 g/mol. The van der Waals surface area contributed by atoms with Crippen molar-refractivity contribution in [2.24, 2.45) is 0 Å². The number of carbonyl (C=O) groups excluding carboxylic acids is 1. The number of benzene rings is 1. The van der Waals surface area contributed by atoms with Crippen molar-refractivity contribution in [1.29, 1.82) is 0 Å². The lowest BCUT2D eigenvalue weighted by atomic mass is 10.2.